The summed E-state index contributed by atoms with van der Waals surface area (Å²) >= 11 is 0. The van der Waals surface area contributed by atoms with Gasteiger partial charge in [0.15, 0.2) is 0 Å². The fourth-order valence-corrected chi connectivity index (χ4v) is 4.11. The Labute approximate surface area is 171 Å². The molecule has 0 aliphatic carbocycles. The first-order valence-corrected chi connectivity index (χ1v) is 9.85. The highest BCUT2D eigenvalue weighted by Gasteiger charge is 2.27. The van der Waals surface area contributed by atoms with Gasteiger partial charge >= 0.3 is 5.97 Å². The highest BCUT2D eigenvalue weighted by Crippen LogP contribution is 2.31. The van der Waals surface area contributed by atoms with Crippen LogP contribution in [0.4, 0.5) is 11.4 Å². The molecule has 0 unspecified atom stereocenters. The summed E-state index contributed by atoms with van der Waals surface area (Å²) in [5.74, 6) is -0.943. The summed E-state index contributed by atoms with van der Waals surface area (Å²) in [5, 5.41) is 9.57. The van der Waals surface area contributed by atoms with Crippen LogP contribution in [-0.2, 0) is 0 Å². The second kappa shape index (κ2) is 8.37. The minimum atomic E-state index is -0.943. The van der Waals surface area contributed by atoms with Gasteiger partial charge in [0.1, 0.15) is 0 Å². The molecule has 1 heterocycles. The van der Waals surface area contributed by atoms with E-state index in [0.29, 0.717) is 5.69 Å². The van der Waals surface area contributed by atoms with Crippen LogP contribution in [0.15, 0.2) is 78.9 Å². The van der Waals surface area contributed by atoms with Gasteiger partial charge in [0.05, 0.1) is 17.3 Å². The van der Waals surface area contributed by atoms with Crippen molar-refractivity contribution >= 4 is 17.3 Å². The third kappa shape index (κ3) is 4.10. The van der Waals surface area contributed by atoms with Crippen LogP contribution in [0.1, 0.15) is 27.5 Å². The Morgan fingerprint density at radius 1 is 0.828 bits per heavy atom. The molecular formula is C24H25N3O2. The lowest BCUT2D eigenvalue weighted by atomic mass is 9.96. The Kier molecular flexibility index (Phi) is 5.49. The van der Waals surface area contributed by atoms with Gasteiger partial charge in [-0.2, -0.15) is 0 Å². The van der Waals surface area contributed by atoms with Gasteiger partial charge in [-0.1, -0.05) is 60.7 Å². The number of hydrogen-bond acceptors (Lipinski definition) is 4. The molecule has 3 aromatic rings. The van der Waals surface area contributed by atoms with Crippen LogP contribution in [0.25, 0.3) is 0 Å². The maximum atomic E-state index is 11.7. The number of rotatable bonds is 5. The molecule has 0 aromatic heterocycles. The molecule has 0 bridgehead atoms. The Bertz CT molecular complexity index is 928. The van der Waals surface area contributed by atoms with Gasteiger partial charge in [0.2, 0.25) is 0 Å². The predicted octanol–water partition coefficient (Wildman–Crippen LogP) is 3.88. The zero-order valence-corrected chi connectivity index (χ0v) is 16.2. The molecule has 0 amide bonds. The van der Waals surface area contributed by atoms with Crippen LogP contribution in [0.2, 0.25) is 0 Å². The van der Waals surface area contributed by atoms with E-state index < -0.39 is 5.97 Å². The number of aromatic carboxylic acids is 1. The molecule has 5 nitrogen and oxygen atoms in total. The second-order valence-electron chi connectivity index (χ2n) is 7.33. The average Bonchev–Trinajstić information content (AvgIpc) is 2.76. The van der Waals surface area contributed by atoms with Crippen molar-refractivity contribution in [2.45, 2.75) is 6.04 Å². The first kappa shape index (κ1) is 19.0. The van der Waals surface area contributed by atoms with Gasteiger partial charge in [-0.25, -0.2) is 4.79 Å². The van der Waals surface area contributed by atoms with Gasteiger partial charge in [0.25, 0.3) is 0 Å². The third-order valence-corrected chi connectivity index (χ3v) is 5.50. The number of carboxylic acid groups (broad SMARTS) is 1. The topological polar surface area (TPSA) is 69.8 Å². The molecule has 0 spiro atoms. The van der Waals surface area contributed by atoms with Crippen molar-refractivity contribution in [3.63, 3.8) is 0 Å². The number of carboxylic acids is 1. The zero-order valence-electron chi connectivity index (χ0n) is 16.2. The number of nitrogens with zero attached hydrogens (tertiary/aromatic N) is 2. The van der Waals surface area contributed by atoms with E-state index in [0.717, 1.165) is 31.9 Å². The Balaban J connectivity index is 1.57. The molecule has 3 N–H and O–H groups in total. The summed E-state index contributed by atoms with van der Waals surface area (Å²) in [6.45, 7) is 3.22. The molecule has 0 radical (unpaired) electrons. The van der Waals surface area contributed by atoms with Crippen molar-refractivity contribution < 1.29 is 9.90 Å². The lowest BCUT2D eigenvalue weighted by Gasteiger charge is -2.41. The number of anilines is 2. The molecule has 148 valence electrons. The summed E-state index contributed by atoms with van der Waals surface area (Å²) in [6, 6.07) is 26.4. The third-order valence-electron chi connectivity index (χ3n) is 5.50. The number of carbonyl (C=O) groups is 1. The smallest absolute Gasteiger partial charge is 0.337 e. The number of benzene rings is 3. The monoisotopic (exact) mass is 387 g/mol. The molecule has 0 atom stereocenters. The van der Waals surface area contributed by atoms with Crippen LogP contribution in [-0.4, -0.2) is 42.2 Å². The predicted molar refractivity (Wildman–Crippen MR) is 116 cm³/mol. The van der Waals surface area contributed by atoms with Gasteiger partial charge in [-0.15, -0.1) is 0 Å². The molecule has 1 aliphatic rings. The molecule has 1 fully saturated rings. The van der Waals surface area contributed by atoms with Crippen LogP contribution < -0.4 is 10.6 Å². The van der Waals surface area contributed by atoms with Crippen LogP contribution >= 0.6 is 0 Å². The quantitative estimate of drug-likeness (QED) is 0.650. The minimum absolute atomic E-state index is 0.185. The normalized spacial score (nSPS) is 14.9. The van der Waals surface area contributed by atoms with Crippen molar-refractivity contribution in [1.82, 2.24) is 4.90 Å². The molecule has 1 aliphatic heterocycles. The second-order valence-corrected chi connectivity index (χ2v) is 7.33. The average molecular weight is 387 g/mol. The van der Waals surface area contributed by atoms with E-state index >= 15 is 0 Å². The van der Waals surface area contributed by atoms with Crippen molar-refractivity contribution in [1.29, 1.82) is 0 Å². The summed E-state index contributed by atoms with van der Waals surface area (Å²) in [4.78, 5) is 16.3. The van der Waals surface area contributed by atoms with Gasteiger partial charge in [-0.3, -0.25) is 4.90 Å². The van der Waals surface area contributed by atoms with E-state index in [9.17, 15) is 9.90 Å². The fourth-order valence-electron chi connectivity index (χ4n) is 4.11. The first-order chi connectivity index (χ1) is 14.1. The van der Waals surface area contributed by atoms with E-state index in [1.54, 1.807) is 12.1 Å². The Hall–Kier alpha value is -3.31. The van der Waals surface area contributed by atoms with Crippen LogP contribution in [0.3, 0.4) is 0 Å². The van der Waals surface area contributed by atoms with Crippen molar-refractivity contribution in [2.75, 3.05) is 36.8 Å². The largest absolute Gasteiger partial charge is 0.478 e. The molecule has 5 heteroatoms. The van der Waals surface area contributed by atoms with E-state index in [2.05, 4.69) is 58.3 Å². The van der Waals surface area contributed by atoms with Crippen molar-refractivity contribution in [3.8, 4) is 0 Å². The van der Waals surface area contributed by atoms with Crippen LogP contribution in [0.5, 0.6) is 0 Å². The lowest BCUT2D eigenvalue weighted by Crippen LogP contribution is -2.48. The molecule has 3 aromatic carbocycles. The first-order valence-electron chi connectivity index (χ1n) is 9.85. The number of nitrogens with two attached hydrogens (primary N) is 1. The van der Waals surface area contributed by atoms with E-state index in [1.807, 2.05) is 18.2 Å². The zero-order chi connectivity index (χ0) is 20.2. The maximum absolute atomic E-state index is 11.7. The molecule has 29 heavy (non-hydrogen) atoms. The summed E-state index contributed by atoms with van der Waals surface area (Å²) in [5.41, 5.74) is 9.81. The van der Waals surface area contributed by atoms with Crippen molar-refractivity contribution in [3.05, 3.63) is 95.6 Å². The Morgan fingerprint density at radius 3 is 1.90 bits per heavy atom. The summed E-state index contributed by atoms with van der Waals surface area (Å²) in [6.07, 6.45) is 0. The molecular weight excluding hydrogens is 362 g/mol. The van der Waals surface area contributed by atoms with E-state index in [1.165, 1.54) is 11.1 Å². The van der Waals surface area contributed by atoms with Gasteiger partial charge in [-0.05, 0) is 29.3 Å². The highest BCUT2D eigenvalue weighted by atomic mass is 16.4. The standard InChI is InChI=1S/C24H25N3O2/c25-20-11-12-22(21(17-20)24(28)29)26-13-15-27(16-14-26)23(18-7-3-1-4-8-18)19-9-5-2-6-10-19/h1-12,17,23H,13-16,25H2,(H,28,29). The summed E-state index contributed by atoms with van der Waals surface area (Å²) in [7, 11) is 0. The van der Waals surface area contributed by atoms with Gasteiger partial charge in [0, 0.05) is 31.9 Å². The van der Waals surface area contributed by atoms with Crippen LogP contribution in [0, 0.1) is 0 Å². The molecule has 0 saturated carbocycles. The number of piperazine rings is 1. The maximum Gasteiger partial charge on any atom is 0.337 e. The van der Waals surface area contributed by atoms with E-state index in [4.69, 9.17) is 5.73 Å². The highest BCUT2D eigenvalue weighted by molar-refractivity contribution is 5.95. The van der Waals surface area contributed by atoms with Crippen molar-refractivity contribution in [2.24, 2.45) is 0 Å². The number of hydrogen-bond donors (Lipinski definition) is 2. The molecule has 1 saturated heterocycles. The van der Waals surface area contributed by atoms with Gasteiger partial charge < -0.3 is 15.7 Å². The lowest BCUT2D eigenvalue weighted by molar-refractivity contribution is 0.0697. The molecule has 4 rings (SSSR count). The number of nitrogen functional groups attached to an aromatic ring is 1. The minimum Gasteiger partial charge on any atom is -0.478 e. The Morgan fingerprint density at radius 2 is 1.38 bits per heavy atom. The SMILES string of the molecule is Nc1ccc(N2CCN(C(c3ccccc3)c3ccccc3)CC2)c(C(=O)O)c1. The fraction of sp³-hybridized carbons (Fsp3) is 0.208. The summed E-state index contributed by atoms with van der Waals surface area (Å²) < 4.78 is 0. The van der Waals surface area contributed by atoms with E-state index in [-0.39, 0.29) is 11.6 Å².